The molecule has 18 heavy (non-hydrogen) atoms. The summed E-state index contributed by atoms with van der Waals surface area (Å²) >= 11 is 1.52. The van der Waals surface area contributed by atoms with Gasteiger partial charge >= 0.3 is 0 Å². The van der Waals surface area contributed by atoms with Crippen LogP contribution in [-0.4, -0.2) is 25.0 Å². The zero-order chi connectivity index (χ0) is 12.9. The standard InChI is InChI=1S/C11H11N5OS/c1-5-6(2)18-11-8(5)10(17)12-9(13-11)7-4-16(3)15-14-7/h4H,1-3H3,(H,12,13,17). The lowest BCUT2D eigenvalue weighted by molar-refractivity contribution is 0.715. The van der Waals surface area contributed by atoms with Gasteiger partial charge in [0.25, 0.3) is 5.56 Å². The summed E-state index contributed by atoms with van der Waals surface area (Å²) in [6, 6.07) is 0. The van der Waals surface area contributed by atoms with Crippen LogP contribution in [0.15, 0.2) is 11.0 Å². The van der Waals surface area contributed by atoms with Crippen LogP contribution in [-0.2, 0) is 7.05 Å². The highest BCUT2D eigenvalue weighted by molar-refractivity contribution is 7.18. The highest BCUT2D eigenvalue weighted by Gasteiger charge is 2.13. The summed E-state index contributed by atoms with van der Waals surface area (Å²) in [5, 5.41) is 8.45. The van der Waals surface area contributed by atoms with E-state index in [0.717, 1.165) is 15.3 Å². The van der Waals surface area contributed by atoms with E-state index < -0.39 is 0 Å². The Morgan fingerprint density at radius 3 is 2.83 bits per heavy atom. The van der Waals surface area contributed by atoms with Gasteiger partial charge in [-0.1, -0.05) is 5.21 Å². The summed E-state index contributed by atoms with van der Waals surface area (Å²) in [5.74, 6) is 0.460. The van der Waals surface area contributed by atoms with Crippen molar-refractivity contribution in [3.8, 4) is 11.5 Å². The van der Waals surface area contributed by atoms with Gasteiger partial charge in [0.2, 0.25) is 0 Å². The number of hydrogen-bond acceptors (Lipinski definition) is 5. The van der Waals surface area contributed by atoms with E-state index in [9.17, 15) is 4.79 Å². The number of fused-ring (bicyclic) bond motifs is 1. The Morgan fingerprint density at radius 2 is 2.17 bits per heavy atom. The Bertz CT molecular complexity index is 797. The normalized spacial score (nSPS) is 11.3. The van der Waals surface area contributed by atoms with Crippen molar-refractivity contribution < 1.29 is 0 Å². The summed E-state index contributed by atoms with van der Waals surface area (Å²) in [6.07, 6.45) is 1.72. The maximum absolute atomic E-state index is 12.1. The lowest BCUT2D eigenvalue weighted by atomic mass is 10.2. The third kappa shape index (κ3) is 1.55. The second-order valence-electron chi connectivity index (χ2n) is 4.16. The molecule has 92 valence electrons. The second kappa shape index (κ2) is 3.74. The zero-order valence-electron chi connectivity index (χ0n) is 10.2. The number of thiophene rings is 1. The molecule has 0 aliphatic carbocycles. The third-order valence-corrected chi connectivity index (χ3v) is 3.99. The molecule has 3 aromatic rings. The van der Waals surface area contributed by atoms with Crippen molar-refractivity contribution in [2.75, 3.05) is 0 Å². The first-order valence-electron chi connectivity index (χ1n) is 5.43. The van der Waals surface area contributed by atoms with Crippen molar-refractivity contribution in [2.45, 2.75) is 13.8 Å². The van der Waals surface area contributed by atoms with E-state index in [2.05, 4.69) is 20.3 Å². The molecule has 0 amide bonds. The number of aromatic amines is 1. The van der Waals surface area contributed by atoms with Gasteiger partial charge in [-0.15, -0.1) is 16.4 Å². The topological polar surface area (TPSA) is 76.5 Å². The average molecular weight is 261 g/mol. The van der Waals surface area contributed by atoms with Crippen molar-refractivity contribution >= 4 is 21.6 Å². The van der Waals surface area contributed by atoms with Gasteiger partial charge in [0, 0.05) is 11.9 Å². The number of hydrogen-bond donors (Lipinski definition) is 1. The van der Waals surface area contributed by atoms with E-state index in [1.165, 1.54) is 11.3 Å². The number of aryl methyl sites for hydroxylation is 3. The predicted octanol–water partition coefficient (Wildman–Crippen LogP) is 1.40. The molecule has 0 aliphatic heterocycles. The highest BCUT2D eigenvalue weighted by atomic mass is 32.1. The van der Waals surface area contributed by atoms with Gasteiger partial charge in [0.05, 0.1) is 11.6 Å². The van der Waals surface area contributed by atoms with Gasteiger partial charge in [-0.25, -0.2) is 4.98 Å². The van der Waals surface area contributed by atoms with E-state index in [-0.39, 0.29) is 5.56 Å². The van der Waals surface area contributed by atoms with Crippen molar-refractivity contribution in [3.63, 3.8) is 0 Å². The quantitative estimate of drug-likeness (QED) is 0.718. The number of rotatable bonds is 1. The molecule has 0 saturated heterocycles. The molecule has 3 rings (SSSR count). The van der Waals surface area contributed by atoms with Gasteiger partial charge in [0.15, 0.2) is 5.82 Å². The summed E-state index contributed by atoms with van der Waals surface area (Å²) in [5.41, 5.74) is 1.44. The Morgan fingerprint density at radius 1 is 1.39 bits per heavy atom. The maximum Gasteiger partial charge on any atom is 0.260 e. The van der Waals surface area contributed by atoms with E-state index in [1.54, 1.807) is 17.9 Å². The van der Waals surface area contributed by atoms with Crippen molar-refractivity contribution in [1.82, 2.24) is 25.0 Å². The minimum atomic E-state index is -0.123. The molecular weight excluding hydrogens is 250 g/mol. The molecule has 7 heteroatoms. The van der Waals surface area contributed by atoms with Crippen LogP contribution in [0.25, 0.3) is 21.7 Å². The van der Waals surface area contributed by atoms with Crippen LogP contribution < -0.4 is 5.56 Å². The smallest absolute Gasteiger partial charge is 0.260 e. The summed E-state index contributed by atoms with van der Waals surface area (Å²) in [6.45, 7) is 3.93. The predicted molar refractivity (Wildman–Crippen MR) is 69.7 cm³/mol. The summed E-state index contributed by atoms with van der Waals surface area (Å²) in [4.78, 5) is 21.1. The van der Waals surface area contributed by atoms with Gasteiger partial charge in [0.1, 0.15) is 10.5 Å². The number of H-pyrrole nitrogens is 1. The monoisotopic (exact) mass is 261 g/mol. The molecule has 0 aliphatic rings. The minimum absolute atomic E-state index is 0.123. The Kier molecular flexibility index (Phi) is 2.30. The lowest BCUT2D eigenvalue weighted by Gasteiger charge is -1.96. The molecule has 0 fully saturated rings. The Labute approximate surface area is 106 Å². The van der Waals surface area contributed by atoms with Gasteiger partial charge in [-0.05, 0) is 19.4 Å². The molecule has 0 spiro atoms. The van der Waals surface area contributed by atoms with Crippen LogP contribution in [0.5, 0.6) is 0 Å². The lowest BCUT2D eigenvalue weighted by Crippen LogP contribution is -2.09. The first-order valence-corrected chi connectivity index (χ1v) is 6.24. The second-order valence-corrected chi connectivity index (χ2v) is 5.36. The summed E-state index contributed by atoms with van der Waals surface area (Å²) in [7, 11) is 1.77. The molecule has 3 heterocycles. The number of nitrogens with one attached hydrogen (secondary N) is 1. The molecule has 0 bridgehead atoms. The fourth-order valence-corrected chi connectivity index (χ4v) is 2.86. The molecule has 0 atom stereocenters. The van der Waals surface area contributed by atoms with Crippen LogP contribution in [0, 0.1) is 13.8 Å². The minimum Gasteiger partial charge on any atom is -0.304 e. The molecule has 6 nitrogen and oxygen atoms in total. The van der Waals surface area contributed by atoms with Crippen LogP contribution in [0.2, 0.25) is 0 Å². The third-order valence-electron chi connectivity index (χ3n) is 2.88. The van der Waals surface area contributed by atoms with Crippen LogP contribution in [0.4, 0.5) is 0 Å². The number of aromatic nitrogens is 5. The van der Waals surface area contributed by atoms with Crippen LogP contribution >= 0.6 is 11.3 Å². The highest BCUT2D eigenvalue weighted by Crippen LogP contribution is 2.26. The van der Waals surface area contributed by atoms with Crippen LogP contribution in [0.1, 0.15) is 10.4 Å². The zero-order valence-corrected chi connectivity index (χ0v) is 11.0. The van der Waals surface area contributed by atoms with E-state index >= 15 is 0 Å². The fourth-order valence-electron chi connectivity index (χ4n) is 1.83. The number of nitrogens with zero attached hydrogens (tertiary/aromatic N) is 4. The molecule has 1 N–H and O–H groups in total. The van der Waals surface area contributed by atoms with Crippen molar-refractivity contribution in [1.29, 1.82) is 0 Å². The first kappa shape index (κ1) is 11.1. The summed E-state index contributed by atoms with van der Waals surface area (Å²) < 4.78 is 1.57. The van der Waals surface area contributed by atoms with Gasteiger partial charge in [-0.3, -0.25) is 9.48 Å². The molecule has 0 unspecified atom stereocenters. The molecule has 0 saturated carbocycles. The van der Waals surface area contributed by atoms with Crippen molar-refractivity contribution in [2.24, 2.45) is 7.05 Å². The molecule has 0 radical (unpaired) electrons. The fraction of sp³-hybridized carbons (Fsp3) is 0.273. The van der Waals surface area contributed by atoms with E-state index in [1.807, 2.05) is 13.8 Å². The van der Waals surface area contributed by atoms with E-state index in [0.29, 0.717) is 16.9 Å². The van der Waals surface area contributed by atoms with Crippen molar-refractivity contribution in [3.05, 3.63) is 27.0 Å². The van der Waals surface area contributed by atoms with Gasteiger partial charge < -0.3 is 4.98 Å². The SMILES string of the molecule is Cc1sc2nc(-c3cn(C)nn3)[nH]c(=O)c2c1C. The van der Waals surface area contributed by atoms with Crippen LogP contribution in [0.3, 0.4) is 0 Å². The first-order chi connectivity index (χ1) is 8.56. The van der Waals surface area contributed by atoms with E-state index in [4.69, 9.17) is 0 Å². The largest absolute Gasteiger partial charge is 0.304 e. The Balaban J connectivity index is 2.31. The van der Waals surface area contributed by atoms with Gasteiger partial charge in [-0.2, -0.15) is 0 Å². The molecule has 3 aromatic heterocycles. The maximum atomic E-state index is 12.1. The molecule has 0 aromatic carbocycles. The Hall–Kier alpha value is -2.02. The molecular formula is C11H11N5OS. The average Bonchev–Trinajstić information content (AvgIpc) is 2.85.